The van der Waals surface area contributed by atoms with Gasteiger partial charge in [-0.3, -0.25) is 14.9 Å². The van der Waals surface area contributed by atoms with Gasteiger partial charge in [-0.2, -0.15) is 0 Å². The smallest absolute Gasteiger partial charge is 0.288 e. The number of carbonyl (C=O) groups excluding carboxylic acids is 1. The standard InChI is InChI=1S/C15H12ClFN2O3/c1-9-2-3-10(6-13(9)17)8-18-15(20)11-4-5-12(16)14(7-11)19(21)22/h2-7H,8H2,1H3,(H,18,20). The highest BCUT2D eigenvalue weighted by Crippen LogP contribution is 2.25. The molecule has 0 radical (unpaired) electrons. The Balaban J connectivity index is 2.10. The maximum atomic E-state index is 13.4. The van der Waals surface area contributed by atoms with Crippen molar-refractivity contribution in [1.29, 1.82) is 0 Å². The van der Waals surface area contributed by atoms with E-state index >= 15 is 0 Å². The van der Waals surface area contributed by atoms with Crippen LogP contribution in [0.5, 0.6) is 0 Å². The van der Waals surface area contributed by atoms with Gasteiger partial charge in [-0.25, -0.2) is 4.39 Å². The van der Waals surface area contributed by atoms with Crippen LogP contribution in [-0.4, -0.2) is 10.8 Å². The topological polar surface area (TPSA) is 72.2 Å². The third-order valence-corrected chi connectivity index (χ3v) is 3.41. The first-order valence-corrected chi connectivity index (χ1v) is 6.73. The summed E-state index contributed by atoms with van der Waals surface area (Å²) in [4.78, 5) is 22.1. The zero-order chi connectivity index (χ0) is 16.3. The van der Waals surface area contributed by atoms with Gasteiger partial charge < -0.3 is 5.32 Å². The van der Waals surface area contributed by atoms with Gasteiger partial charge in [-0.05, 0) is 36.2 Å². The van der Waals surface area contributed by atoms with Gasteiger partial charge >= 0.3 is 0 Å². The fraction of sp³-hybridized carbons (Fsp3) is 0.133. The van der Waals surface area contributed by atoms with Crippen LogP contribution in [-0.2, 0) is 6.54 Å². The van der Waals surface area contributed by atoms with E-state index in [1.807, 2.05) is 0 Å². The second-order valence-corrected chi connectivity index (χ2v) is 5.10. The molecule has 0 aliphatic carbocycles. The molecule has 0 fully saturated rings. The molecule has 0 atom stereocenters. The van der Waals surface area contributed by atoms with E-state index in [2.05, 4.69) is 5.32 Å². The van der Waals surface area contributed by atoms with Crippen molar-refractivity contribution < 1.29 is 14.1 Å². The molecule has 7 heteroatoms. The molecule has 0 saturated carbocycles. The number of nitro benzene ring substituents is 1. The Labute approximate surface area is 130 Å². The van der Waals surface area contributed by atoms with E-state index < -0.39 is 10.8 Å². The summed E-state index contributed by atoms with van der Waals surface area (Å²) in [6.45, 7) is 1.76. The minimum Gasteiger partial charge on any atom is -0.348 e. The molecule has 0 aromatic heterocycles. The van der Waals surface area contributed by atoms with E-state index in [1.165, 1.54) is 18.2 Å². The monoisotopic (exact) mass is 322 g/mol. The van der Waals surface area contributed by atoms with Crippen molar-refractivity contribution in [1.82, 2.24) is 5.32 Å². The van der Waals surface area contributed by atoms with Crippen LogP contribution >= 0.6 is 11.6 Å². The van der Waals surface area contributed by atoms with Crippen LogP contribution in [0.15, 0.2) is 36.4 Å². The zero-order valence-electron chi connectivity index (χ0n) is 11.6. The Morgan fingerprint density at radius 1 is 1.32 bits per heavy atom. The maximum Gasteiger partial charge on any atom is 0.288 e. The number of hydrogen-bond donors (Lipinski definition) is 1. The summed E-state index contributed by atoms with van der Waals surface area (Å²) in [6.07, 6.45) is 0. The van der Waals surface area contributed by atoms with Crippen LogP contribution < -0.4 is 5.32 Å². The number of benzene rings is 2. The number of aryl methyl sites for hydroxylation is 1. The molecule has 1 amide bonds. The molecule has 114 valence electrons. The molecule has 5 nitrogen and oxygen atoms in total. The fourth-order valence-corrected chi connectivity index (χ4v) is 2.01. The Kier molecular flexibility index (Phi) is 4.72. The minimum atomic E-state index is -0.658. The third kappa shape index (κ3) is 3.59. The van der Waals surface area contributed by atoms with Gasteiger partial charge in [0.05, 0.1) is 4.92 Å². The third-order valence-electron chi connectivity index (χ3n) is 3.09. The van der Waals surface area contributed by atoms with Gasteiger partial charge in [0.25, 0.3) is 11.6 Å². The molecule has 0 bridgehead atoms. The number of nitro groups is 1. The predicted molar refractivity (Wildman–Crippen MR) is 80.4 cm³/mol. The Hall–Kier alpha value is -2.47. The van der Waals surface area contributed by atoms with Gasteiger partial charge in [-0.1, -0.05) is 23.7 Å². The van der Waals surface area contributed by atoms with Gasteiger partial charge in [0, 0.05) is 18.2 Å². The summed E-state index contributed by atoms with van der Waals surface area (Å²) in [5, 5.41) is 13.3. The van der Waals surface area contributed by atoms with Crippen molar-refractivity contribution in [3.8, 4) is 0 Å². The number of nitrogens with zero attached hydrogens (tertiary/aromatic N) is 1. The lowest BCUT2D eigenvalue weighted by molar-refractivity contribution is -0.384. The number of nitrogens with one attached hydrogen (secondary N) is 1. The maximum absolute atomic E-state index is 13.4. The molecule has 2 rings (SSSR count). The molecule has 0 heterocycles. The summed E-state index contributed by atoms with van der Waals surface area (Å²) in [5.41, 5.74) is 0.891. The lowest BCUT2D eigenvalue weighted by atomic mass is 10.1. The van der Waals surface area contributed by atoms with Crippen molar-refractivity contribution in [2.24, 2.45) is 0 Å². The first-order valence-electron chi connectivity index (χ1n) is 6.35. The second kappa shape index (κ2) is 6.53. The number of amides is 1. The number of hydrogen-bond acceptors (Lipinski definition) is 3. The molecule has 1 N–H and O–H groups in total. The molecule has 0 aliphatic rings. The van der Waals surface area contributed by atoms with Gasteiger partial charge in [-0.15, -0.1) is 0 Å². The lowest BCUT2D eigenvalue weighted by Crippen LogP contribution is -2.23. The largest absolute Gasteiger partial charge is 0.348 e. The van der Waals surface area contributed by atoms with Crippen molar-refractivity contribution in [2.45, 2.75) is 13.5 Å². The van der Waals surface area contributed by atoms with Gasteiger partial charge in [0.15, 0.2) is 0 Å². The molecular formula is C15H12ClFN2O3. The quantitative estimate of drug-likeness (QED) is 0.690. The zero-order valence-corrected chi connectivity index (χ0v) is 12.4. The normalized spacial score (nSPS) is 10.3. The highest BCUT2D eigenvalue weighted by Gasteiger charge is 2.16. The molecular weight excluding hydrogens is 311 g/mol. The summed E-state index contributed by atoms with van der Waals surface area (Å²) in [5.74, 6) is -0.852. The second-order valence-electron chi connectivity index (χ2n) is 4.69. The van der Waals surface area contributed by atoms with Crippen LogP contribution in [0.1, 0.15) is 21.5 Å². The van der Waals surface area contributed by atoms with Crippen LogP contribution in [0, 0.1) is 22.9 Å². The van der Waals surface area contributed by atoms with E-state index in [0.717, 1.165) is 6.07 Å². The fourth-order valence-electron chi connectivity index (χ4n) is 1.82. The van der Waals surface area contributed by atoms with E-state index in [-0.39, 0.29) is 28.6 Å². The Morgan fingerprint density at radius 3 is 2.68 bits per heavy atom. The lowest BCUT2D eigenvalue weighted by Gasteiger charge is -2.07. The first kappa shape index (κ1) is 15.9. The number of rotatable bonds is 4. The minimum absolute atomic E-state index is 0.0397. The summed E-state index contributed by atoms with van der Waals surface area (Å²) in [6, 6.07) is 8.43. The molecule has 0 saturated heterocycles. The van der Waals surface area contributed by atoms with E-state index in [4.69, 9.17) is 11.6 Å². The summed E-state index contributed by atoms with van der Waals surface area (Å²) >= 11 is 5.69. The number of carbonyl (C=O) groups is 1. The summed E-state index contributed by atoms with van der Waals surface area (Å²) < 4.78 is 13.4. The Bertz CT molecular complexity index is 750. The predicted octanol–water partition coefficient (Wildman–Crippen LogP) is 3.63. The Morgan fingerprint density at radius 2 is 2.05 bits per heavy atom. The van der Waals surface area contributed by atoms with Crippen LogP contribution in [0.2, 0.25) is 5.02 Å². The average molecular weight is 323 g/mol. The van der Waals surface area contributed by atoms with Crippen molar-refractivity contribution in [2.75, 3.05) is 0 Å². The van der Waals surface area contributed by atoms with Crippen molar-refractivity contribution >= 4 is 23.2 Å². The molecule has 0 spiro atoms. The van der Waals surface area contributed by atoms with Crippen molar-refractivity contribution in [3.05, 3.63) is 74.0 Å². The molecule has 2 aromatic rings. The molecule has 2 aromatic carbocycles. The average Bonchev–Trinajstić information content (AvgIpc) is 2.48. The first-order chi connectivity index (χ1) is 10.4. The SMILES string of the molecule is Cc1ccc(CNC(=O)c2ccc(Cl)c([N+](=O)[O-])c2)cc1F. The van der Waals surface area contributed by atoms with Crippen LogP contribution in [0.4, 0.5) is 10.1 Å². The molecule has 22 heavy (non-hydrogen) atoms. The highest BCUT2D eigenvalue weighted by atomic mass is 35.5. The van der Waals surface area contributed by atoms with E-state index in [1.54, 1.807) is 19.1 Å². The molecule has 0 aliphatic heterocycles. The van der Waals surface area contributed by atoms with E-state index in [0.29, 0.717) is 11.1 Å². The highest BCUT2D eigenvalue weighted by molar-refractivity contribution is 6.32. The number of halogens is 2. The van der Waals surface area contributed by atoms with Crippen LogP contribution in [0.25, 0.3) is 0 Å². The van der Waals surface area contributed by atoms with Crippen molar-refractivity contribution in [3.63, 3.8) is 0 Å². The van der Waals surface area contributed by atoms with Gasteiger partial charge in [0.1, 0.15) is 10.8 Å². The van der Waals surface area contributed by atoms with Gasteiger partial charge in [0.2, 0.25) is 0 Å². The summed E-state index contributed by atoms with van der Waals surface area (Å²) in [7, 11) is 0. The molecule has 0 unspecified atom stereocenters. The van der Waals surface area contributed by atoms with Crippen LogP contribution in [0.3, 0.4) is 0 Å². The van der Waals surface area contributed by atoms with E-state index in [9.17, 15) is 19.3 Å².